The Morgan fingerprint density at radius 1 is 0.933 bits per heavy atom. The van der Waals surface area contributed by atoms with Crippen LogP contribution >= 0.6 is 21.6 Å². The van der Waals surface area contributed by atoms with Crippen molar-refractivity contribution in [3.8, 4) is 0 Å². The molecule has 0 aromatic heterocycles. The normalized spacial score (nSPS) is 20.9. The third-order valence-corrected chi connectivity index (χ3v) is 8.49. The minimum absolute atomic E-state index is 0.0162. The Kier molecular flexibility index (Phi) is 15.5. The van der Waals surface area contributed by atoms with Crippen molar-refractivity contribution in [2.24, 2.45) is 22.2 Å². The van der Waals surface area contributed by atoms with Crippen LogP contribution in [0.15, 0.2) is 29.3 Å². The lowest BCUT2D eigenvalue weighted by Crippen LogP contribution is -2.51. The van der Waals surface area contributed by atoms with E-state index in [0.717, 1.165) is 0 Å². The summed E-state index contributed by atoms with van der Waals surface area (Å²) in [7, 11) is 2.47. The van der Waals surface area contributed by atoms with Gasteiger partial charge in [0.2, 0.25) is 29.5 Å². The molecule has 0 fully saturated rings. The van der Waals surface area contributed by atoms with Gasteiger partial charge in [-0.15, -0.1) is 0 Å². The van der Waals surface area contributed by atoms with E-state index in [4.69, 9.17) is 17.2 Å². The van der Waals surface area contributed by atoms with E-state index < -0.39 is 72.5 Å². The number of carboxylic acid groups (broad SMARTS) is 1. The number of hydrogen-bond acceptors (Lipinski definition) is 10. The topological polar surface area (TPSA) is 290 Å². The van der Waals surface area contributed by atoms with Crippen LogP contribution in [0.25, 0.3) is 0 Å². The summed E-state index contributed by atoms with van der Waals surface area (Å²) >= 11 is 0. The van der Waals surface area contributed by atoms with Gasteiger partial charge in [0.25, 0.3) is 5.91 Å². The zero-order chi connectivity index (χ0) is 33.4. The van der Waals surface area contributed by atoms with Gasteiger partial charge in [0.15, 0.2) is 5.96 Å². The van der Waals surface area contributed by atoms with E-state index in [1.54, 1.807) is 0 Å². The number of amides is 6. The summed E-state index contributed by atoms with van der Waals surface area (Å²) in [5, 5.41) is 21.6. The minimum Gasteiger partial charge on any atom is -0.481 e. The first-order valence-corrected chi connectivity index (χ1v) is 16.2. The number of fused-ring (bicyclic) bond motifs is 2. The number of guanidine groups is 1. The number of benzene rings is 1. The second-order valence-electron chi connectivity index (χ2n) is 9.71. The molecule has 6 amide bonds. The molecule has 1 aromatic rings. The summed E-state index contributed by atoms with van der Waals surface area (Å²) in [6.07, 6.45) is 0.397. The molecule has 2 bridgehead atoms. The van der Waals surface area contributed by atoms with E-state index in [1.807, 2.05) is 0 Å². The molecule has 12 N–H and O–H groups in total. The lowest BCUT2D eigenvalue weighted by Gasteiger charge is -2.20. The van der Waals surface area contributed by atoms with Crippen molar-refractivity contribution in [2.75, 3.05) is 29.9 Å². The van der Waals surface area contributed by atoms with Gasteiger partial charge in [-0.1, -0.05) is 27.7 Å². The fourth-order valence-electron chi connectivity index (χ4n) is 3.84. The molecule has 1 aromatic carbocycles. The second kappa shape index (κ2) is 19.0. The van der Waals surface area contributed by atoms with Gasteiger partial charge in [-0.05, 0) is 37.5 Å². The van der Waals surface area contributed by atoms with Crippen LogP contribution in [0.5, 0.6) is 0 Å². The predicted molar refractivity (Wildman–Crippen MR) is 169 cm³/mol. The molecule has 1 unspecified atom stereocenters. The molecule has 1 aliphatic heterocycles. The number of carbonyl (C=O) groups is 7. The summed E-state index contributed by atoms with van der Waals surface area (Å²) in [5.74, 6) is -5.36. The third-order valence-electron chi connectivity index (χ3n) is 6.07. The van der Waals surface area contributed by atoms with Crippen molar-refractivity contribution in [1.82, 2.24) is 21.3 Å². The number of carboxylic acids is 1. The SMILES string of the molecule is NC(=O)C1CSSCCC(=O)N[C@@H](CCCCN=C(N)N)C(=O)NCC(=O)N[C@@H](CC(=O)O)C(=O)Nc2cccc(c2)C(=O)N1. The zero-order valence-corrected chi connectivity index (χ0v) is 25.8. The quantitative estimate of drug-likeness (QED) is 0.0630. The molecule has 1 heterocycles. The number of nitrogens with one attached hydrogen (secondary N) is 5. The summed E-state index contributed by atoms with van der Waals surface area (Å²) in [5.41, 5.74) is 16.3. The molecule has 0 radical (unpaired) electrons. The Hall–Kier alpha value is -4.52. The highest BCUT2D eigenvalue weighted by atomic mass is 33.1. The van der Waals surface area contributed by atoms with Crippen molar-refractivity contribution >= 4 is 74.6 Å². The number of unbranched alkanes of at least 4 members (excludes halogenated alkanes) is 1. The lowest BCUT2D eigenvalue weighted by atomic mass is 10.1. The molecular weight excluding hydrogens is 630 g/mol. The van der Waals surface area contributed by atoms with Crippen molar-refractivity contribution in [3.63, 3.8) is 0 Å². The van der Waals surface area contributed by atoms with Crippen LogP contribution in [0, 0.1) is 0 Å². The van der Waals surface area contributed by atoms with Crippen molar-refractivity contribution in [2.45, 2.75) is 50.2 Å². The summed E-state index contributed by atoms with van der Waals surface area (Å²) in [4.78, 5) is 91.2. The highest BCUT2D eigenvalue weighted by Crippen LogP contribution is 2.23. The lowest BCUT2D eigenvalue weighted by molar-refractivity contribution is -0.140. The van der Waals surface area contributed by atoms with Gasteiger partial charge >= 0.3 is 5.97 Å². The summed E-state index contributed by atoms with van der Waals surface area (Å²) in [6.45, 7) is -0.295. The number of nitrogens with zero attached hydrogens (tertiary/aromatic N) is 1. The Morgan fingerprint density at radius 2 is 1.67 bits per heavy atom. The minimum atomic E-state index is -1.54. The Balaban J connectivity index is 2.26. The first-order chi connectivity index (χ1) is 21.3. The summed E-state index contributed by atoms with van der Waals surface area (Å²) < 4.78 is 0. The smallest absolute Gasteiger partial charge is 0.305 e. The number of anilines is 1. The number of rotatable bonds is 8. The standard InChI is InChI=1S/C26H37N9O8S2/c27-22(40)18-13-45-44-9-7-19(36)33-16(6-1-2-8-30-26(28)29)24(42)31-12-20(37)34-17(11-21(38)39)25(43)32-15-5-3-4-14(10-15)23(41)35-18/h3-5,10,16-18H,1-2,6-9,11-13H2,(H2,27,40)(H,31,42)(H,32,43)(H,33,36)(H,34,37)(H,35,41)(H,38,39)(H4,28,29,30)/t16-,17-,18?/m0/s1. The number of carbonyl (C=O) groups excluding carboxylic acids is 6. The highest BCUT2D eigenvalue weighted by molar-refractivity contribution is 8.76. The molecule has 246 valence electrons. The van der Waals surface area contributed by atoms with Gasteiger partial charge in [-0.25, -0.2) is 0 Å². The van der Waals surface area contributed by atoms with Gasteiger partial charge in [0.1, 0.15) is 18.1 Å². The second-order valence-corrected chi connectivity index (χ2v) is 12.3. The molecular formula is C26H37N9O8S2. The van der Waals surface area contributed by atoms with E-state index in [1.165, 1.54) is 45.9 Å². The van der Waals surface area contributed by atoms with Gasteiger partial charge in [0.05, 0.1) is 13.0 Å². The molecule has 3 atom stereocenters. The first-order valence-electron chi connectivity index (χ1n) is 13.7. The predicted octanol–water partition coefficient (Wildman–Crippen LogP) is -2.00. The van der Waals surface area contributed by atoms with Crippen molar-refractivity contribution < 1.29 is 38.7 Å². The number of hydrogen-bond donors (Lipinski definition) is 9. The largest absolute Gasteiger partial charge is 0.481 e. The van der Waals surface area contributed by atoms with E-state index >= 15 is 0 Å². The van der Waals surface area contributed by atoms with E-state index in [0.29, 0.717) is 25.1 Å². The van der Waals surface area contributed by atoms with E-state index in [-0.39, 0.29) is 35.8 Å². The van der Waals surface area contributed by atoms with Crippen LogP contribution in [0.4, 0.5) is 5.69 Å². The average Bonchev–Trinajstić information content (AvgIpc) is 2.97. The monoisotopic (exact) mass is 667 g/mol. The number of aliphatic carboxylic acids is 1. The molecule has 1 aliphatic rings. The number of aliphatic imine (C=N–C) groups is 1. The maximum atomic E-state index is 12.9. The molecule has 17 nitrogen and oxygen atoms in total. The molecule has 0 saturated heterocycles. The maximum absolute atomic E-state index is 12.9. The first kappa shape index (κ1) is 36.7. The van der Waals surface area contributed by atoms with Crippen LogP contribution in [0.2, 0.25) is 0 Å². The Labute approximate surface area is 266 Å². The van der Waals surface area contributed by atoms with Crippen LogP contribution in [-0.4, -0.2) is 95.2 Å². The molecule has 0 saturated carbocycles. The molecule has 45 heavy (non-hydrogen) atoms. The molecule has 0 spiro atoms. The van der Waals surface area contributed by atoms with Crippen molar-refractivity contribution in [1.29, 1.82) is 0 Å². The van der Waals surface area contributed by atoms with Gasteiger partial charge in [0, 0.05) is 35.7 Å². The van der Waals surface area contributed by atoms with Crippen LogP contribution in [0.1, 0.15) is 42.5 Å². The zero-order valence-electron chi connectivity index (χ0n) is 24.2. The van der Waals surface area contributed by atoms with Crippen LogP contribution < -0.4 is 43.8 Å². The fourth-order valence-corrected chi connectivity index (χ4v) is 6.00. The van der Waals surface area contributed by atoms with E-state index in [2.05, 4.69) is 31.6 Å². The maximum Gasteiger partial charge on any atom is 0.305 e. The Morgan fingerprint density at radius 3 is 2.36 bits per heavy atom. The van der Waals surface area contributed by atoms with Crippen molar-refractivity contribution in [3.05, 3.63) is 29.8 Å². The molecule has 2 rings (SSSR count). The fraction of sp³-hybridized carbons (Fsp3) is 0.462. The number of nitrogens with two attached hydrogens (primary N) is 3. The van der Waals surface area contributed by atoms with Crippen LogP contribution in [-0.2, 0) is 28.8 Å². The number of primary amides is 1. The van der Waals surface area contributed by atoms with Gasteiger partial charge in [-0.2, -0.15) is 0 Å². The Bertz CT molecular complexity index is 1290. The summed E-state index contributed by atoms with van der Waals surface area (Å²) in [6, 6.07) is 2.02. The molecule has 0 aliphatic carbocycles. The van der Waals surface area contributed by atoms with Gasteiger partial charge < -0.3 is 48.9 Å². The third kappa shape index (κ3) is 14.2. The highest BCUT2D eigenvalue weighted by Gasteiger charge is 2.26. The van der Waals surface area contributed by atoms with E-state index in [9.17, 15) is 38.7 Å². The average molecular weight is 668 g/mol. The van der Waals surface area contributed by atoms with Gasteiger partial charge in [-0.3, -0.25) is 38.6 Å². The molecule has 19 heteroatoms. The van der Waals surface area contributed by atoms with Crippen LogP contribution in [0.3, 0.4) is 0 Å².